The number of hydrogen-bond acceptors (Lipinski definition) is 7. The number of aliphatic hydroxyl groups is 3. The summed E-state index contributed by atoms with van der Waals surface area (Å²) in [5.41, 5.74) is 1.81. The molecule has 2 aliphatic heterocycles. The van der Waals surface area contributed by atoms with E-state index in [4.69, 9.17) is 4.74 Å². The molecular formula is C25H29N3O5. The van der Waals surface area contributed by atoms with Gasteiger partial charge >= 0.3 is 0 Å². The average Bonchev–Trinajstić information content (AvgIpc) is 2.83. The van der Waals surface area contributed by atoms with Crippen molar-refractivity contribution in [3.63, 3.8) is 0 Å². The molecular weight excluding hydrogens is 422 g/mol. The fourth-order valence-electron chi connectivity index (χ4n) is 4.37. The van der Waals surface area contributed by atoms with Gasteiger partial charge in [-0.3, -0.25) is 4.79 Å². The number of rotatable bonds is 5. The van der Waals surface area contributed by atoms with Gasteiger partial charge in [-0.25, -0.2) is 0 Å². The lowest BCUT2D eigenvalue weighted by molar-refractivity contribution is -0.306. The normalized spacial score (nSPS) is 23.2. The number of nitrogens with one attached hydrogen (secondary N) is 1. The second kappa shape index (κ2) is 9.89. The van der Waals surface area contributed by atoms with Crippen LogP contribution in [0.15, 0.2) is 42.0 Å². The second-order valence-electron chi connectivity index (χ2n) is 8.67. The first-order chi connectivity index (χ1) is 15.9. The first-order valence-corrected chi connectivity index (χ1v) is 11.3. The van der Waals surface area contributed by atoms with Crippen molar-refractivity contribution < 1.29 is 24.9 Å². The minimum Gasteiger partial charge on any atom is -0.387 e. The van der Waals surface area contributed by atoms with E-state index < -0.39 is 23.9 Å². The van der Waals surface area contributed by atoms with Gasteiger partial charge < -0.3 is 30.3 Å². The molecule has 2 fully saturated rings. The van der Waals surface area contributed by atoms with E-state index in [0.29, 0.717) is 5.56 Å². The lowest BCUT2D eigenvalue weighted by Crippen LogP contribution is -2.60. The van der Waals surface area contributed by atoms with E-state index in [9.17, 15) is 25.4 Å². The number of fused-ring (bicyclic) bond motifs is 1. The minimum absolute atomic E-state index is 0.0856. The van der Waals surface area contributed by atoms with Gasteiger partial charge in [0.25, 0.3) is 5.91 Å². The summed E-state index contributed by atoms with van der Waals surface area (Å²) in [6.45, 7) is 2.04. The van der Waals surface area contributed by atoms with Crippen molar-refractivity contribution in [2.45, 2.75) is 43.7 Å². The number of nitriles is 1. The summed E-state index contributed by atoms with van der Waals surface area (Å²) >= 11 is 0. The summed E-state index contributed by atoms with van der Waals surface area (Å²) < 4.78 is 5.27. The van der Waals surface area contributed by atoms with E-state index in [-0.39, 0.29) is 25.1 Å². The summed E-state index contributed by atoms with van der Waals surface area (Å²) in [4.78, 5) is 14.9. The van der Waals surface area contributed by atoms with Crippen LogP contribution in [0.4, 0.5) is 5.69 Å². The number of carbonyl (C=O) groups is 1. The van der Waals surface area contributed by atoms with Gasteiger partial charge in [0, 0.05) is 38.3 Å². The van der Waals surface area contributed by atoms with Crippen LogP contribution in [0.2, 0.25) is 0 Å². The van der Waals surface area contributed by atoms with Gasteiger partial charge in [0.1, 0.15) is 23.9 Å². The second-order valence-corrected chi connectivity index (χ2v) is 8.67. The van der Waals surface area contributed by atoms with Crippen molar-refractivity contribution in [1.82, 2.24) is 5.32 Å². The number of aliphatic hydroxyl groups excluding tert-OH is 1. The van der Waals surface area contributed by atoms with Gasteiger partial charge in [-0.2, -0.15) is 5.26 Å². The molecule has 2 atom stereocenters. The van der Waals surface area contributed by atoms with Crippen LogP contribution in [0.25, 0.3) is 16.8 Å². The lowest BCUT2D eigenvalue weighted by Gasteiger charge is -2.38. The smallest absolute Gasteiger partial charge is 0.262 e. The van der Waals surface area contributed by atoms with Crippen LogP contribution < -0.4 is 10.2 Å². The summed E-state index contributed by atoms with van der Waals surface area (Å²) in [5, 5.41) is 43.8. The highest BCUT2D eigenvalue weighted by Crippen LogP contribution is 2.26. The van der Waals surface area contributed by atoms with Gasteiger partial charge in [0.2, 0.25) is 5.79 Å². The van der Waals surface area contributed by atoms with Crippen LogP contribution in [-0.4, -0.2) is 65.5 Å². The minimum atomic E-state index is -2.46. The Kier molecular flexibility index (Phi) is 6.96. The Hall–Kier alpha value is -2.96. The Bertz CT molecular complexity index is 1090. The fourth-order valence-corrected chi connectivity index (χ4v) is 4.37. The van der Waals surface area contributed by atoms with E-state index in [1.165, 1.54) is 31.0 Å². The van der Waals surface area contributed by atoms with Crippen LogP contribution >= 0.6 is 0 Å². The maximum absolute atomic E-state index is 12.5. The first kappa shape index (κ1) is 23.2. The maximum Gasteiger partial charge on any atom is 0.262 e. The van der Waals surface area contributed by atoms with Crippen LogP contribution in [0.1, 0.15) is 31.2 Å². The van der Waals surface area contributed by atoms with Gasteiger partial charge in [-0.1, -0.05) is 18.2 Å². The molecule has 4 rings (SSSR count). The molecule has 4 N–H and O–H groups in total. The number of ether oxygens (including phenoxy) is 1. The van der Waals surface area contributed by atoms with Gasteiger partial charge in [0.05, 0.1) is 0 Å². The van der Waals surface area contributed by atoms with E-state index in [2.05, 4.69) is 28.4 Å². The average molecular weight is 452 g/mol. The summed E-state index contributed by atoms with van der Waals surface area (Å²) in [6.07, 6.45) is 2.73. The monoisotopic (exact) mass is 451 g/mol. The third-order valence-corrected chi connectivity index (χ3v) is 6.37. The van der Waals surface area contributed by atoms with E-state index in [1.807, 2.05) is 24.3 Å². The number of piperidine rings is 1. The van der Waals surface area contributed by atoms with Crippen molar-refractivity contribution >= 4 is 28.4 Å². The standard InChI is InChI=1S/C25H29N3O5/c26-15-20(24(30)27-16-23-25(31,32)22(29)8-11-33-23)13-17-4-5-19-14-21(7-6-18(19)12-17)28-9-2-1-3-10-28/h4-7,12-14,22-23,29,31-32H,1-3,8-11,16H2,(H,27,30)/b20-13+/t22-,23-/m1/s1. The molecule has 2 heterocycles. The number of nitrogens with zero attached hydrogens (tertiary/aromatic N) is 2. The molecule has 0 aliphatic carbocycles. The topological polar surface area (TPSA) is 126 Å². The summed E-state index contributed by atoms with van der Waals surface area (Å²) in [5.74, 6) is -3.12. The highest BCUT2D eigenvalue weighted by atomic mass is 16.6. The molecule has 0 unspecified atom stereocenters. The zero-order valence-electron chi connectivity index (χ0n) is 18.4. The zero-order chi connectivity index (χ0) is 23.4. The Morgan fingerprint density at radius 3 is 2.67 bits per heavy atom. The SMILES string of the molecule is N#C/C(=C\c1ccc2cc(N3CCCCC3)ccc2c1)C(=O)NC[C@H]1OCC[C@@H](O)C1(O)O. The van der Waals surface area contributed by atoms with E-state index >= 15 is 0 Å². The number of anilines is 1. The van der Waals surface area contributed by atoms with Crippen molar-refractivity contribution in [2.24, 2.45) is 0 Å². The van der Waals surface area contributed by atoms with Gasteiger partial charge in [0.15, 0.2) is 0 Å². The number of hydrogen-bond donors (Lipinski definition) is 4. The third-order valence-electron chi connectivity index (χ3n) is 6.37. The lowest BCUT2D eigenvalue weighted by atomic mass is 9.98. The molecule has 2 aromatic carbocycles. The number of amides is 1. The van der Waals surface area contributed by atoms with Crippen LogP contribution in [0.5, 0.6) is 0 Å². The quantitative estimate of drug-likeness (QED) is 0.310. The molecule has 2 aromatic rings. The predicted octanol–water partition coefficient (Wildman–Crippen LogP) is 1.68. The Balaban J connectivity index is 1.46. The Morgan fingerprint density at radius 2 is 1.91 bits per heavy atom. The van der Waals surface area contributed by atoms with Crippen LogP contribution in [0, 0.1) is 11.3 Å². The van der Waals surface area contributed by atoms with Crippen molar-refractivity contribution in [3.05, 3.63) is 47.5 Å². The fraction of sp³-hybridized carbons (Fsp3) is 0.440. The molecule has 0 saturated carbocycles. The molecule has 33 heavy (non-hydrogen) atoms. The molecule has 0 aromatic heterocycles. The molecule has 0 radical (unpaired) electrons. The predicted molar refractivity (Wildman–Crippen MR) is 124 cm³/mol. The van der Waals surface area contributed by atoms with Crippen LogP contribution in [0.3, 0.4) is 0 Å². The maximum atomic E-state index is 12.5. The molecule has 2 saturated heterocycles. The molecule has 0 spiro atoms. The summed E-state index contributed by atoms with van der Waals surface area (Å²) in [6, 6.07) is 14.0. The highest BCUT2D eigenvalue weighted by Gasteiger charge is 2.45. The van der Waals surface area contributed by atoms with E-state index in [1.54, 1.807) is 0 Å². The van der Waals surface area contributed by atoms with Gasteiger partial charge in [-0.15, -0.1) is 0 Å². The number of benzene rings is 2. The molecule has 8 nitrogen and oxygen atoms in total. The highest BCUT2D eigenvalue weighted by molar-refractivity contribution is 6.02. The van der Waals surface area contributed by atoms with Crippen molar-refractivity contribution in [3.8, 4) is 6.07 Å². The van der Waals surface area contributed by atoms with Crippen molar-refractivity contribution in [2.75, 3.05) is 31.1 Å². The van der Waals surface area contributed by atoms with Gasteiger partial charge in [-0.05, 0) is 59.9 Å². The van der Waals surface area contributed by atoms with Crippen LogP contribution in [-0.2, 0) is 9.53 Å². The molecule has 174 valence electrons. The molecule has 8 heteroatoms. The van der Waals surface area contributed by atoms with Crippen molar-refractivity contribution in [1.29, 1.82) is 5.26 Å². The Labute approximate surface area is 192 Å². The molecule has 1 amide bonds. The zero-order valence-corrected chi connectivity index (χ0v) is 18.4. The largest absolute Gasteiger partial charge is 0.387 e. The molecule has 0 bridgehead atoms. The first-order valence-electron chi connectivity index (χ1n) is 11.3. The molecule has 2 aliphatic rings. The van der Waals surface area contributed by atoms with E-state index in [0.717, 1.165) is 23.9 Å². The third kappa shape index (κ3) is 5.18. The summed E-state index contributed by atoms with van der Waals surface area (Å²) in [7, 11) is 0. The Morgan fingerprint density at radius 1 is 1.18 bits per heavy atom. The number of carbonyl (C=O) groups excluding carboxylic acids is 1.